The zero-order valence-electron chi connectivity index (χ0n) is 35.7. The first-order valence-electron chi connectivity index (χ1n) is 22.3. The first kappa shape index (κ1) is 41.8. The van der Waals surface area contributed by atoms with Crippen LogP contribution in [0.5, 0.6) is 11.5 Å². The van der Waals surface area contributed by atoms with Gasteiger partial charge in [-0.2, -0.15) is 10.2 Å². The molecule has 0 unspecified atom stereocenters. The van der Waals surface area contributed by atoms with Gasteiger partial charge in [-0.25, -0.2) is 27.4 Å². The summed E-state index contributed by atoms with van der Waals surface area (Å²) in [4.78, 5) is 14.6. The van der Waals surface area contributed by atoms with Crippen molar-refractivity contribution < 1.29 is 17.9 Å². The van der Waals surface area contributed by atoms with Crippen LogP contribution in [0.25, 0.3) is 44.7 Å². The van der Waals surface area contributed by atoms with E-state index >= 15 is 0 Å². The lowest BCUT2D eigenvalue weighted by Gasteiger charge is -2.30. The van der Waals surface area contributed by atoms with Gasteiger partial charge in [0.1, 0.15) is 22.7 Å². The lowest BCUT2D eigenvalue weighted by atomic mass is 10.1. The van der Waals surface area contributed by atoms with E-state index in [-0.39, 0.29) is 16.1 Å². The van der Waals surface area contributed by atoms with E-state index in [1.807, 2.05) is 43.0 Å². The smallest absolute Gasteiger partial charge is 0.175 e. The summed E-state index contributed by atoms with van der Waals surface area (Å²) in [5, 5.41) is 8.79. The Morgan fingerprint density at radius 2 is 1.08 bits per heavy atom. The summed E-state index contributed by atoms with van der Waals surface area (Å²) in [5.41, 5.74) is 7.23. The number of hydrogen-bond acceptors (Lipinski definition) is 10. The van der Waals surface area contributed by atoms with Crippen molar-refractivity contribution in [3.63, 3.8) is 0 Å². The highest BCUT2D eigenvalue weighted by Crippen LogP contribution is 2.43. The van der Waals surface area contributed by atoms with Gasteiger partial charge in [0.25, 0.3) is 0 Å². The third-order valence-electron chi connectivity index (χ3n) is 12.8. The average Bonchev–Trinajstić information content (AvgIpc) is 4.16. The lowest BCUT2D eigenvalue weighted by molar-refractivity contribution is 0.101. The summed E-state index contributed by atoms with van der Waals surface area (Å²) in [7, 11) is -3.29. The number of piperidine rings is 2. The van der Waals surface area contributed by atoms with Gasteiger partial charge in [0.2, 0.25) is 0 Å². The molecule has 4 fully saturated rings. The van der Waals surface area contributed by atoms with Crippen molar-refractivity contribution in [1.29, 1.82) is 0 Å². The molecule has 7 aromatic rings. The summed E-state index contributed by atoms with van der Waals surface area (Å²) in [6, 6.07) is 23.5. The molecule has 63 heavy (non-hydrogen) atoms. The number of fused-ring (bicyclic) bond motifs is 2. The topological polar surface area (TPSA) is 119 Å². The predicted octanol–water partition coefficient (Wildman–Crippen LogP) is 9.42. The highest BCUT2D eigenvalue weighted by molar-refractivity contribution is 9.10. The zero-order valence-corrected chi connectivity index (χ0v) is 38.1. The Morgan fingerprint density at radius 1 is 0.587 bits per heavy atom. The molecule has 2 saturated carbocycles. The minimum atomic E-state index is -3.29. The molecule has 11 rings (SSSR count). The minimum absolute atomic E-state index is 0.0147. The van der Waals surface area contributed by atoms with E-state index in [1.54, 1.807) is 39.6 Å². The summed E-state index contributed by atoms with van der Waals surface area (Å²) < 4.78 is 41.2. The number of benzene rings is 3. The molecule has 2 aliphatic heterocycles. The third-order valence-corrected chi connectivity index (χ3v) is 14.5. The van der Waals surface area contributed by atoms with Crippen molar-refractivity contribution in [2.24, 2.45) is 0 Å². The van der Waals surface area contributed by atoms with Gasteiger partial charge in [-0.15, -0.1) is 0 Å². The number of rotatable bonds is 12. The van der Waals surface area contributed by atoms with Gasteiger partial charge in [0.05, 0.1) is 21.8 Å². The zero-order chi connectivity index (χ0) is 43.0. The third kappa shape index (κ3) is 9.69. The first-order valence-corrected chi connectivity index (χ1v) is 24.9. The standard InChI is InChI=1S/C28H30N4O3S.C21H23BrN4O/c1-36(33,34)25-7-5-6-22(16-25)26-18-30-32-19-23(17-29-27(26)32)21-8-10-24(11-9-21)35-28(12-13-28)20-31-14-3-2-4-15-31;22-19-13-24-26-14-17(12-23-20(19)26)16-4-6-18(7-5-16)27-21(8-9-21)15-25-10-2-1-3-11-25/h5-11,16-19H,2-4,12-15,20H2,1H3;4-7,12-14H,1-3,8-11,15H2. The van der Waals surface area contributed by atoms with Crippen LogP contribution >= 0.6 is 15.9 Å². The average molecular weight is 930 g/mol. The molecule has 4 aromatic heterocycles. The molecule has 0 radical (unpaired) electrons. The fourth-order valence-electron chi connectivity index (χ4n) is 8.96. The molecular formula is C49H53BrN8O4S. The number of aromatic nitrogens is 6. The maximum absolute atomic E-state index is 12.0. The molecule has 0 amide bonds. The van der Waals surface area contributed by atoms with Gasteiger partial charge in [0, 0.05) is 60.8 Å². The van der Waals surface area contributed by atoms with Gasteiger partial charge in [-0.05, 0) is 147 Å². The summed E-state index contributed by atoms with van der Waals surface area (Å²) in [6.45, 7) is 6.94. The number of ether oxygens (including phenoxy) is 2. The van der Waals surface area contributed by atoms with Crippen LogP contribution in [0.15, 0.2) is 119 Å². The van der Waals surface area contributed by atoms with Crippen molar-refractivity contribution in [1.82, 2.24) is 39.0 Å². The summed E-state index contributed by atoms with van der Waals surface area (Å²) >= 11 is 3.46. The molecule has 6 heterocycles. The Kier molecular flexibility index (Phi) is 11.6. The van der Waals surface area contributed by atoms with Gasteiger partial charge in [-0.3, -0.25) is 9.80 Å². The fourth-order valence-corrected chi connectivity index (χ4v) is 10.0. The molecule has 2 saturated heterocycles. The maximum atomic E-state index is 12.0. The molecule has 326 valence electrons. The SMILES string of the molecule is Brc1cnn2cc(-c3ccc(OC4(CN5CCCCC5)CC4)cc3)cnc12.CS(=O)(=O)c1cccc(-c2cnn3cc(-c4ccc(OC5(CN6CCCCC6)CC5)cc4)cnc23)c1. The number of halogens is 1. The van der Waals surface area contributed by atoms with Crippen LogP contribution in [0.2, 0.25) is 0 Å². The Labute approximate surface area is 377 Å². The second-order valence-corrected chi connectivity index (χ2v) is 20.7. The van der Waals surface area contributed by atoms with E-state index < -0.39 is 9.84 Å². The van der Waals surface area contributed by atoms with E-state index in [0.29, 0.717) is 5.65 Å². The van der Waals surface area contributed by atoms with E-state index in [0.717, 1.165) is 80.9 Å². The number of sulfone groups is 1. The Bertz CT molecular complexity index is 2830. The molecule has 0 N–H and O–H groups in total. The monoisotopic (exact) mass is 928 g/mol. The Morgan fingerprint density at radius 3 is 1.59 bits per heavy atom. The van der Waals surface area contributed by atoms with Crippen molar-refractivity contribution in [2.75, 3.05) is 45.5 Å². The van der Waals surface area contributed by atoms with Gasteiger partial charge in [-0.1, -0.05) is 49.2 Å². The second kappa shape index (κ2) is 17.4. The van der Waals surface area contributed by atoms with E-state index in [9.17, 15) is 8.42 Å². The molecule has 4 aliphatic rings. The van der Waals surface area contributed by atoms with E-state index in [2.05, 4.69) is 82.3 Å². The Balaban J connectivity index is 0.000000156. The van der Waals surface area contributed by atoms with Crippen LogP contribution in [0.3, 0.4) is 0 Å². The van der Waals surface area contributed by atoms with Crippen LogP contribution < -0.4 is 9.47 Å². The van der Waals surface area contributed by atoms with Crippen LogP contribution in [0.4, 0.5) is 0 Å². The van der Waals surface area contributed by atoms with Crippen molar-refractivity contribution in [2.45, 2.75) is 80.3 Å². The summed E-state index contributed by atoms with van der Waals surface area (Å²) in [5.74, 6) is 1.87. The van der Waals surface area contributed by atoms with Crippen molar-refractivity contribution in [3.05, 3.63) is 114 Å². The van der Waals surface area contributed by atoms with Gasteiger partial charge < -0.3 is 9.47 Å². The Hall–Kier alpha value is -5.15. The van der Waals surface area contributed by atoms with E-state index in [4.69, 9.17) is 9.47 Å². The second-order valence-electron chi connectivity index (χ2n) is 17.9. The quantitative estimate of drug-likeness (QED) is 0.117. The normalized spacial score (nSPS) is 18.4. The fraction of sp³-hybridized carbons (Fsp3) is 0.388. The van der Waals surface area contributed by atoms with Crippen LogP contribution in [0.1, 0.15) is 64.2 Å². The van der Waals surface area contributed by atoms with Crippen LogP contribution in [0, 0.1) is 0 Å². The molecule has 0 atom stereocenters. The van der Waals surface area contributed by atoms with Crippen LogP contribution in [-0.2, 0) is 9.84 Å². The molecule has 12 nitrogen and oxygen atoms in total. The van der Waals surface area contributed by atoms with E-state index in [1.165, 1.54) is 83.8 Å². The van der Waals surface area contributed by atoms with Gasteiger partial charge >= 0.3 is 0 Å². The number of nitrogens with zero attached hydrogens (tertiary/aromatic N) is 8. The number of hydrogen-bond donors (Lipinski definition) is 0. The highest BCUT2D eigenvalue weighted by atomic mass is 79.9. The lowest BCUT2D eigenvalue weighted by Crippen LogP contribution is -2.40. The first-order chi connectivity index (χ1) is 30.6. The predicted molar refractivity (Wildman–Crippen MR) is 249 cm³/mol. The molecule has 14 heteroatoms. The number of likely N-dealkylation sites (tertiary alicyclic amines) is 2. The molecular weight excluding hydrogens is 877 g/mol. The van der Waals surface area contributed by atoms with Crippen molar-refractivity contribution >= 4 is 37.1 Å². The largest absolute Gasteiger partial charge is 0.486 e. The molecule has 2 aliphatic carbocycles. The van der Waals surface area contributed by atoms with Crippen molar-refractivity contribution in [3.8, 4) is 44.9 Å². The van der Waals surface area contributed by atoms with Crippen LogP contribution in [-0.4, -0.2) is 104 Å². The van der Waals surface area contributed by atoms with Gasteiger partial charge in [0.15, 0.2) is 21.1 Å². The molecule has 3 aromatic carbocycles. The molecule has 0 spiro atoms. The summed E-state index contributed by atoms with van der Waals surface area (Å²) in [6.07, 6.45) is 24.9. The minimum Gasteiger partial charge on any atom is -0.486 e. The highest BCUT2D eigenvalue weighted by Gasteiger charge is 2.47. The maximum Gasteiger partial charge on any atom is 0.175 e. The molecule has 0 bridgehead atoms.